The summed E-state index contributed by atoms with van der Waals surface area (Å²) in [5, 5.41) is 6.57. The minimum absolute atomic E-state index is 0.0657. The van der Waals surface area contributed by atoms with E-state index in [0.29, 0.717) is 43.8 Å². The minimum Gasteiger partial charge on any atom is -0.339 e. The molecule has 2 heterocycles. The number of carbonyl (C=O) groups is 2. The van der Waals surface area contributed by atoms with Gasteiger partial charge in [-0.25, -0.2) is 5.01 Å². The number of fused-ring (bicyclic) bond motifs is 1. The van der Waals surface area contributed by atoms with Crippen molar-refractivity contribution in [3.63, 3.8) is 0 Å². The number of halogens is 2. The Morgan fingerprint density at radius 1 is 1.28 bits per heavy atom. The molecule has 0 saturated carbocycles. The van der Waals surface area contributed by atoms with Gasteiger partial charge in [0.15, 0.2) is 0 Å². The van der Waals surface area contributed by atoms with Crippen LogP contribution < -0.4 is 5.73 Å². The van der Waals surface area contributed by atoms with Gasteiger partial charge in [0.25, 0.3) is 5.91 Å². The number of nitrogens with two attached hydrogens (primary N) is 1. The van der Waals surface area contributed by atoms with Gasteiger partial charge in [-0.3, -0.25) is 9.59 Å². The molecular weight excluding hydrogens is 492 g/mol. The minimum atomic E-state index is -0.821. The Hall–Kier alpha value is -2.22. The summed E-state index contributed by atoms with van der Waals surface area (Å²) in [5.74, 6) is -0.198. The number of rotatable bonds is 6. The molecule has 1 unspecified atom stereocenters. The Labute approximate surface area is 201 Å². The highest BCUT2D eigenvalue weighted by atomic mass is 79.9. The van der Waals surface area contributed by atoms with Gasteiger partial charge in [0.1, 0.15) is 5.41 Å². The predicted octanol–water partition coefficient (Wildman–Crippen LogP) is 3.65. The molecule has 4 rings (SSSR count). The Bertz CT molecular complexity index is 1060. The van der Waals surface area contributed by atoms with Crippen LogP contribution in [0, 0.1) is 5.41 Å². The largest absolute Gasteiger partial charge is 0.339 e. The molecule has 2 amide bonds. The molecule has 2 N–H and O–H groups in total. The molecule has 2 aliphatic heterocycles. The van der Waals surface area contributed by atoms with Crippen LogP contribution in [0.3, 0.4) is 0 Å². The molecule has 2 aliphatic rings. The van der Waals surface area contributed by atoms with Crippen molar-refractivity contribution in [1.29, 1.82) is 0 Å². The Morgan fingerprint density at radius 2 is 2.03 bits per heavy atom. The topological polar surface area (TPSA) is 79.0 Å². The highest BCUT2D eigenvalue weighted by Gasteiger charge is 2.53. The standard InChI is InChI=1S/C24H26BrClN4O2/c1-29-23(32)24(14-16-5-3-2-4-6-16)15-30(12-11-21(24)28-29)22(31)20(27)10-8-17-7-9-18(25)13-19(17)26/h2-7,9,13,20H,8,10-12,14-15,27H2,1H3/t20?,24-/m1/s1. The Balaban J connectivity index is 1.48. The van der Waals surface area contributed by atoms with Gasteiger partial charge in [0, 0.05) is 36.1 Å². The van der Waals surface area contributed by atoms with Gasteiger partial charge in [-0.15, -0.1) is 0 Å². The second-order valence-corrected chi connectivity index (χ2v) is 9.83. The second kappa shape index (κ2) is 9.33. The van der Waals surface area contributed by atoms with E-state index in [4.69, 9.17) is 17.3 Å². The van der Waals surface area contributed by atoms with E-state index in [-0.39, 0.29) is 11.8 Å². The molecule has 1 fully saturated rings. The predicted molar refractivity (Wildman–Crippen MR) is 129 cm³/mol. The molecule has 8 heteroatoms. The van der Waals surface area contributed by atoms with Crippen LogP contribution in [0.25, 0.3) is 0 Å². The average Bonchev–Trinajstić information content (AvgIpc) is 3.02. The third-order valence-electron chi connectivity index (χ3n) is 6.32. The van der Waals surface area contributed by atoms with E-state index >= 15 is 0 Å². The normalized spacial score (nSPS) is 21.4. The maximum Gasteiger partial charge on any atom is 0.256 e. The molecule has 2 aromatic rings. The summed E-state index contributed by atoms with van der Waals surface area (Å²) >= 11 is 9.71. The fourth-order valence-electron chi connectivity index (χ4n) is 4.61. The lowest BCUT2D eigenvalue weighted by molar-refractivity contribution is -0.140. The fourth-order valence-corrected chi connectivity index (χ4v) is 5.38. The highest BCUT2D eigenvalue weighted by Crippen LogP contribution is 2.38. The van der Waals surface area contributed by atoms with Crippen molar-refractivity contribution >= 4 is 45.1 Å². The lowest BCUT2D eigenvalue weighted by atomic mass is 9.73. The molecule has 0 aliphatic carbocycles. The molecule has 168 valence electrons. The number of hydrazone groups is 1. The zero-order valence-electron chi connectivity index (χ0n) is 17.9. The van der Waals surface area contributed by atoms with Crippen LogP contribution in [-0.4, -0.2) is 53.6 Å². The molecule has 2 aromatic carbocycles. The third-order valence-corrected chi connectivity index (χ3v) is 7.17. The number of amides is 2. The fraction of sp³-hybridized carbons (Fsp3) is 0.375. The number of hydrogen-bond acceptors (Lipinski definition) is 4. The van der Waals surface area contributed by atoms with Crippen molar-refractivity contribution in [2.75, 3.05) is 20.1 Å². The van der Waals surface area contributed by atoms with Crippen LogP contribution >= 0.6 is 27.5 Å². The number of likely N-dealkylation sites (tertiary alicyclic amines) is 1. The second-order valence-electron chi connectivity index (χ2n) is 8.51. The van der Waals surface area contributed by atoms with Crippen molar-refractivity contribution in [3.8, 4) is 0 Å². The molecule has 0 aromatic heterocycles. The zero-order valence-corrected chi connectivity index (χ0v) is 20.3. The van der Waals surface area contributed by atoms with E-state index in [1.54, 1.807) is 11.9 Å². The van der Waals surface area contributed by atoms with Crippen LogP contribution in [0.4, 0.5) is 0 Å². The maximum atomic E-state index is 13.2. The van der Waals surface area contributed by atoms with Gasteiger partial charge in [-0.1, -0.05) is 63.9 Å². The van der Waals surface area contributed by atoms with Crippen molar-refractivity contribution < 1.29 is 9.59 Å². The van der Waals surface area contributed by atoms with E-state index in [1.807, 2.05) is 48.5 Å². The van der Waals surface area contributed by atoms with Gasteiger partial charge < -0.3 is 10.6 Å². The van der Waals surface area contributed by atoms with E-state index < -0.39 is 11.5 Å². The number of aryl methyl sites for hydroxylation is 1. The first-order valence-corrected chi connectivity index (χ1v) is 11.9. The third kappa shape index (κ3) is 4.47. The van der Waals surface area contributed by atoms with E-state index in [0.717, 1.165) is 21.3 Å². The molecule has 0 spiro atoms. The molecule has 0 radical (unpaired) electrons. The summed E-state index contributed by atoms with van der Waals surface area (Å²) in [5.41, 5.74) is 8.34. The van der Waals surface area contributed by atoms with Crippen molar-refractivity contribution in [1.82, 2.24) is 9.91 Å². The lowest BCUT2D eigenvalue weighted by Gasteiger charge is -2.40. The van der Waals surface area contributed by atoms with Gasteiger partial charge in [0.2, 0.25) is 5.91 Å². The average molecular weight is 518 g/mol. The Morgan fingerprint density at radius 3 is 2.75 bits per heavy atom. The first kappa shape index (κ1) is 23.0. The zero-order chi connectivity index (χ0) is 22.9. The summed E-state index contributed by atoms with van der Waals surface area (Å²) in [4.78, 5) is 28.2. The summed E-state index contributed by atoms with van der Waals surface area (Å²) in [6, 6.07) is 14.9. The number of carbonyl (C=O) groups excluding carboxylic acids is 2. The first-order chi connectivity index (χ1) is 15.3. The monoisotopic (exact) mass is 516 g/mol. The van der Waals surface area contributed by atoms with Gasteiger partial charge in [-0.05, 0) is 42.5 Å². The number of nitrogens with zero attached hydrogens (tertiary/aromatic N) is 3. The van der Waals surface area contributed by atoms with Crippen LogP contribution in [0.1, 0.15) is 24.0 Å². The number of piperidine rings is 1. The lowest BCUT2D eigenvalue weighted by Crippen LogP contribution is -2.58. The number of hydrogen-bond donors (Lipinski definition) is 1. The van der Waals surface area contributed by atoms with Crippen molar-refractivity contribution in [3.05, 3.63) is 69.2 Å². The van der Waals surface area contributed by atoms with Crippen LogP contribution in [0.5, 0.6) is 0 Å². The highest BCUT2D eigenvalue weighted by molar-refractivity contribution is 9.10. The van der Waals surface area contributed by atoms with E-state index in [1.165, 1.54) is 5.01 Å². The smallest absolute Gasteiger partial charge is 0.256 e. The van der Waals surface area contributed by atoms with E-state index in [2.05, 4.69) is 21.0 Å². The van der Waals surface area contributed by atoms with Gasteiger partial charge in [-0.2, -0.15) is 5.10 Å². The van der Waals surface area contributed by atoms with Gasteiger partial charge >= 0.3 is 0 Å². The SMILES string of the molecule is CN1N=C2CCN(C(=O)C(N)CCc3ccc(Br)cc3Cl)C[C@@]2(Cc2ccccc2)C1=O. The maximum absolute atomic E-state index is 13.2. The van der Waals surface area contributed by atoms with Crippen LogP contribution in [0.2, 0.25) is 5.02 Å². The van der Waals surface area contributed by atoms with E-state index in [9.17, 15) is 9.59 Å². The quantitative estimate of drug-likeness (QED) is 0.635. The molecule has 2 atom stereocenters. The summed E-state index contributed by atoms with van der Waals surface area (Å²) in [6.45, 7) is 0.817. The number of benzene rings is 2. The summed E-state index contributed by atoms with van der Waals surface area (Å²) in [7, 11) is 1.68. The van der Waals surface area contributed by atoms with Gasteiger partial charge in [0.05, 0.1) is 11.8 Å². The van der Waals surface area contributed by atoms with Crippen molar-refractivity contribution in [2.45, 2.75) is 31.7 Å². The molecular formula is C24H26BrClN4O2. The summed E-state index contributed by atoms with van der Waals surface area (Å²) in [6.07, 6.45) is 2.18. The molecule has 1 saturated heterocycles. The molecule has 0 bridgehead atoms. The van der Waals surface area contributed by atoms with Crippen molar-refractivity contribution in [2.24, 2.45) is 16.3 Å². The molecule has 32 heavy (non-hydrogen) atoms. The van der Waals surface area contributed by atoms with Crippen LogP contribution in [0.15, 0.2) is 58.1 Å². The van der Waals surface area contributed by atoms with Crippen LogP contribution in [-0.2, 0) is 22.4 Å². The summed E-state index contributed by atoms with van der Waals surface area (Å²) < 4.78 is 0.910. The molecule has 6 nitrogen and oxygen atoms in total. The Kier molecular flexibility index (Phi) is 6.70. The first-order valence-electron chi connectivity index (χ1n) is 10.7.